The Morgan fingerprint density at radius 1 is 1.44 bits per heavy atom. The molecule has 0 aromatic rings. The van der Waals surface area contributed by atoms with Crippen LogP contribution in [0.1, 0.15) is 26.7 Å². The second-order valence-corrected chi connectivity index (χ2v) is 6.40. The predicted octanol–water partition coefficient (Wildman–Crippen LogP) is -0.396. The van der Waals surface area contributed by atoms with Crippen molar-refractivity contribution >= 4 is 28.3 Å². The number of amides is 1. The molecule has 3 N–H and O–H groups in total. The van der Waals surface area contributed by atoms with Gasteiger partial charge < -0.3 is 10.6 Å². The zero-order chi connectivity index (χ0) is 12.9. The fraction of sp³-hybridized carbons (Fsp3) is 0.900. The van der Waals surface area contributed by atoms with Crippen molar-refractivity contribution in [1.29, 1.82) is 0 Å². The molecule has 0 radical (unpaired) electrons. The number of hydrogen-bond donors (Lipinski definition) is 3. The Hall–Kier alpha value is -0.370. The van der Waals surface area contributed by atoms with Crippen molar-refractivity contribution in [3.8, 4) is 0 Å². The number of carbonyl (C=O) groups is 1. The van der Waals surface area contributed by atoms with E-state index in [4.69, 9.17) is 0 Å². The lowest BCUT2D eigenvalue weighted by Gasteiger charge is -2.12. The molecule has 1 aliphatic heterocycles. The highest BCUT2D eigenvalue weighted by molar-refractivity contribution is 7.89. The van der Waals surface area contributed by atoms with E-state index in [9.17, 15) is 13.2 Å². The van der Waals surface area contributed by atoms with Crippen LogP contribution in [0, 0.1) is 0 Å². The molecule has 0 aromatic heterocycles. The molecule has 1 aliphatic rings. The van der Waals surface area contributed by atoms with Crippen LogP contribution in [0.25, 0.3) is 0 Å². The molecule has 0 aliphatic carbocycles. The van der Waals surface area contributed by atoms with Crippen LogP contribution in [0.2, 0.25) is 0 Å². The van der Waals surface area contributed by atoms with Gasteiger partial charge in [-0.05, 0) is 33.2 Å². The molecule has 1 unspecified atom stereocenters. The molecule has 8 heteroatoms. The minimum Gasteiger partial charge on any atom is -0.354 e. The lowest BCUT2D eigenvalue weighted by Crippen LogP contribution is -2.43. The maximum atomic E-state index is 11.6. The van der Waals surface area contributed by atoms with Crippen LogP contribution < -0.4 is 15.4 Å². The van der Waals surface area contributed by atoms with Gasteiger partial charge in [0.15, 0.2) is 0 Å². The summed E-state index contributed by atoms with van der Waals surface area (Å²) in [6.45, 7) is 4.53. The lowest BCUT2D eigenvalue weighted by molar-refractivity contribution is -0.122. The predicted molar refractivity (Wildman–Crippen MR) is 73.3 cm³/mol. The Bertz CT molecular complexity index is 353. The number of halogens is 1. The monoisotopic (exact) mass is 299 g/mol. The highest BCUT2D eigenvalue weighted by atomic mass is 35.5. The van der Waals surface area contributed by atoms with E-state index in [1.165, 1.54) is 0 Å². The molecule has 1 rings (SSSR count). The number of sulfonamides is 1. The smallest absolute Gasteiger partial charge is 0.237 e. The van der Waals surface area contributed by atoms with E-state index in [-0.39, 0.29) is 42.7 Å². The third-order valence-corrected chi connectivity index (χ3v) is 4.03. The van der Waals surface area contributed by atoms with E-state index in [1.54, 1.807) is 13.8 Å². The summed E-state index contributed by atoms with van der Waals surface area (Å²) in [5.41, 5.74) is 0. The summed E-state index contributed by atoms with van der Waals surface area (Å²) in [5.74, 6) is -0.189. The van der Waals surface area contributed by atoms with Crippen molar-refractivity contribution in [2.75, 3.05) is 18.8 Å². The summed E-state index contributed by atoms with van der Waals surface area (Å²) in [6, 6.07) is -0.275. The van der Waals surface area contributed by atoms with Gasteiger partial charge in [-0.15, -0.1) is 12.4 Å². The first kappa shape index (κ1) is 17.6. The molecule has 1 atom stereocenters. The van der Waals surface area contributed by atoms with E-state index in [1.807, 2.05) is 0 Å². The lowest BCUT2D eigenvalue weighted by atomic mass is 10.2. The topological polar surface area (TPSA) is 87.3 Å². The highest BCUT2D eigenvalue weighted by Gasteiger charge is 2.22. The second-order valence-electron chi connectivity index (χ2n) is 4.53. The molecular weight excluding hydrogens is 278 g/mol. The van der Waals surface area contributed by atoms with Gasteiger partial charge in [0, 0.05) is 12.6 Å². The van der Waals surface area contributed by atoms with Gasteiger partial charge >= 0.3 is 0 Å². The summed E-state index contributed by atoms with van der Waals surface area (Å²) < 4.78 is 25.4. The van der Waals surface area contributed by atoms with Crippen LogP contribution in [0.5, 0.6) is 0 Å². The third kappa shape index (κ3) is 6.53. The Morgan fingerprint density at radius 3 is 2.61 bits per heavy atom. The van der Waals surface area contributed by atoms with Gasteiger partial charge in [-0.2, -0.15) is 0 Å². The molecule has 0 spiro atoms. The normalized spacial score (nSPS) is 19.6. The molecule has 0 saturated carbocycles. The molecule has 108 valence electrons. The zero-order valence-corrected chi connectivity index (χ0v) is 12.4. The first-order chi connectivity index (χ1) is 7.91. The van der Waals surface area contributed by atoms with Crippen LogP contribution in [-0.2, 0) is 14.8 Å². The van der Waals surface area contributed by atoms with Crippen molar-refractivity contribution in [3.63, 3.8) is 0 Å². The third-order valence-electron chi connectivity index (χ3n) is 2.46. The molecule has 1 fully saturated rings. The molecule has 1 saturated heterocycles. The molecule has 18 heavy (non-hydrogen) atoms. The molecular formula is C10H22ClN3O3S. The zero-order valence-electron chi connectivity index (χ0n) is 10.7. The minimum atomic E-state index is -3.29. The van der Waals surface area contributed by atoms with Crippen LogP contribution in [0.15, 0.2) is 0 Å². The van der Waals surface area contributed by atoms with Gasteiger partial charge in [-0.25, -0.2) is 13.1 Å². The van der Waals surface area contributed by atoms with E-state index in [0.29, 0.717) is 0 Å². The number of rotatable bonds is 6. The van der Waals surface area contributed by atoms with Crippen molar-refractivity contribution in [2.45, 2.75) is 38.8 Å². The molecule has 6 nitrogen and oxygen atoms in total. The Balaban J connectivity index is 0.00000289. The summed E-state index contributed by atoms with van der Waals surface area (Å²) in [5, 5.41) is 5.69. The number of nitrogens with one attached hydrogen (secondary N) is 3. The van der Waals surface area contributed by atoms with E-state index in [2.05, 4.69) is 15.4 Å². The fourth-order valence-corrected chi connectivity index (χ4v) is 2.97. The summed E-state index contributed by atoms with van der Waals surface area (Å²) in [7, 11) is -3.29. The van der Waals surface area contributed by atoms with Gasteiger partial charge in [-0.3, -0.25) is 4.79 Å². The minimum absolute atomic E-state index is 0. The van der Waals surface area contributed by atoms with Gasteiger partial charge in [0.05, 0.1) is 11.8 Å². The Morgan fingerprint density at radius 2 is 2.11 bits per heavy atom. The second kappa shape index (κ2) is 7.93. The summed E-state index contributed by atoms with van der Waals surface area (Å²) in [6.07, 6.45) is 1.81. The largest absolute Gasteiger partial charge is 0.354 e. The van der Waals surface area contributed by atoms with E-state index >= 15 is 0 Å². The van der Waals surface area contributed by atoms with Crippen LogP contribution in [0.4, 0.5) is 0 Å². The van der Waals surface area contributed by atoms with Gasteiger partial charge in [0.25, 0.3) is 0 Å². The Labute approximate surface area is 115 Å². The molecule has 1 amide bonds. The van der Waals surface area contributed by atoms with Crippen LogP contribution >= 0.6 is 12.4 Å². The van der Waals surface area contributed by atoms with Crippen molar-refractivity contribution < 1.29 is 13.2 Å². The maximum absolute atomic E-state index is 11.6. The number of carbonyl (C=O) groups excluding carboxylic acids is 1. The first-order valence-corrected chi connectivity index (χ1v) is 7.57. The summed E-state index contributed by atoms with van der Waals surface area (Å²) in [4.78, 5) is 11.6. The van der Waals surface area contributed by atoms with Gasteiger partial charge in [0.2, 0.25) is 15.9 Å². The molecule has 1 heterocycles. The summed E-state index contributed by atoms with van der Waals surface area (Å²) >= 11 is 0. The SMILES string of the molecule is CC(C)NS(=O)(=O)CCNC(=O)C1CCCN1.Cl. The maximum Gasteiger partial charge on any atom is 0.237 e. The van der Waals surface area contributed by atoms with E-state index < -0.39 is 10.0 Å². The van der Waals surface area contributed by atoms with Crippen LogP contribution in [0.3, 0.4) is 0 Å². The van der Waals surface area contributed by atoms with E-state index in [0.717, 1.165) is 19.4 Å². The highest BCUT2D eigenvalue weighted by Crippen LogP contribution is 2.04. The van der Waals surface area contributed by atoms with Crippen molar-refractivity contribution in [1.82, 2.24) is 15.4 Å². The van der Waals surface area contributed by atoms with Gasteiger partial charge in [-0.1, -0.05) is 0 Å². The molecule has 0 bridgehead atoms. The average molecular weight is 300 g/mol. The van der Waals surface area contributed by atoms with Crippen LogP contribution in [-0.4, -0.2) is 45.3 Å². The Kier molecular flexibility index (Phi) is 7.77. The number of hydrogen-bond acceptors (Lipinski definition) is 4. The van der Waals surface area contributed by atoms with Crippen molar-refractivity contribution in [3.05, 3.63) is 0 Å². The average Bonchev–Trinajstić information content (AvgIpc) is 2.67. The fourth-order valence-electron chi connectivity index (χ4n) is 1.76. The first-order valence-electron chi connectivity index (χ1n) is 5.92. The van der Waals surface area contributed by atoms with Gasteiger partial charge in [0.1, 0.15) is 0 Å². The van der Waals surface area contributed by atoms with Crippen molar-refractivity contribution in [2.24, 2.45) is 0 Å². The quantitative estimate of drug-likeness (QED) is 0.623. The molecule has 0 aromatic carbocycles. The standard InChI is InChI=1S/C10H21N3O3S.ClH/c1-8(2)13-17(15,16)7-6-12-10(14)9-4-3-5-11-9;/h8-9,11,13H,3-7H2,1-2H3,(H,12,14);1H.